The molecule has 0 unspecified atom stereocenters. The van der Waals surface area contributed by atoms with E-state index in [4.69, 9.17) is 5.11 Å². The summed E-state index contributed by atoms with van der Waals surface area (Å²) in [6.07, 6.45) is 1.94. The SMILES string of the molecule is CC(C)N(C)CCCCNC(=O)N(C)CCC(=O)O. The number of nitrogens with one attached hydrogen (secondary N) is 1. The van der Waals surface area contributed by atoms with E-state index in [0.29, 0.717) is 12.6 Å². The molecule has 0 aromatic heterocycles. The smallest absolute Gasteiger partial charge is 0.317 e. The van der Waals surface area contributed by atoms with Crippen molar-refractivity contribution in [3.8, 4) is 0 Å². The van der Waals surface area contributed by atoms with E-state index >= 15 is 0 Å². The molecule has 0 radical (unpaired) electrons. The van der Waals surface area contributed by atoms with Crippen LogP contribution in [0.25, 0.3) is 0 Å². The van der Waals surface area contributed by atoms with E-state index in [1.807, 2.05) is 0 Å². The number of aliphatic carboxylic acids is 1. The summed E-state index contributed by atoms with van der Waals surface area (Å²) in [6.45, 7) is 6.18. The average molecular weight is 273 g/mol. The van der Waals surface area contributed by atoms with Crippen LogP contribution < -0.4 is 5.32 Å². The maximum absolute atomic E-state index is 11.6. The molecule has 0 aliphatic rings. The third kappa shape index (κ3) is 9.30. The summed E-state index contributed by atoms with van der Waals surface area (Å²) in [5.74, 6) is -0.892. The number of carbonyl (C=O) groups is 2. The van der Waals surface area contributed by atoms with Crippen LogP contribution in [0.4, 0.5) is 4.79 Å². The highest BCUT2D eigenvalue weighted by atomic mass is 16.4. The lowest BCUT2D eigenvalue weighted by Gasteiger charge is -2.21. The number of unbranched alkanes of at least 4 members (excludes halogenated alkanes) is 1. The molecule has 0 aromatic carbocycles. The first-order valence-electron chi connectivity index (χ1n) is 6.75. The Morgan fingerprint density at radius 3 is 2.32 bits per heavy atom. The van der Waals surface area contributed by atoms with Gasteiger partial charge in [-0.15, -0.1) is 0 Å². The van der Waals surface area contributed by atoms with E-state index in [2.05, 4.69) is 31.1 Å². The number of rotatable bonds is 9. The molecular weight excluding hydrogens is 246 g/mol. The van der Waals surface area contributed by atoms with E-state index in [1.165, 1.54) is 4.90 Å². The molecule has 6 nitrogen and oxygen atoms in total. The first-order chi connectivity index (χ1) is 8.84. The van der Waals surface area contributed by atoms with Crippen LogP contribution in [0.2, 0.25) is 0 Å². The third-order valence-corrected chi connectivity index (χ3v) is 3.10. The van der Waals surface area contributed by atoms with Crippen molar-refractivity contribution in [1.29, 1.82) is 0 Å². The molecule has 2 N–H and O–H groups in total. The fourth-order valence-corrected chi connectivity index (χ4v) is 1.44. The van der Waals surface area contributed by atoms with Crippen LogP contribution in [0.1, 0.15) is 33.1 Å². The second-order valence-electron chi connectivity index (χ2n) is 5.08. The number of carboxylic acid groups (broad SMARTS) is 1. The Hall–Kier alpha value is -1.30. The van der Waals surface area contributed by atoms with Gasteiger partial charge < -0.3 is 20.2 Å². The predicted octanol–water partition coefficient (Wildman–Crippen LogP) is 1.22. The zero-order chi connectivity index (χ0) is 14.8. The van der Waals surface area contributed by atoms with Crippen molar-refractivity contribution < 1.29 is 14.7 Å². The second-order valence-corrected chi connectivity index (χ2v) is 5.08. The maximum atomic E-state index is 11.6. The number of hydrogen-bond donors (Lipinski definition) is 2. The van der Waals surface area contributed by atoms with Gasteiger partial charge in [0.1, 0.15) is 0 Å². The number of urea groups is 1. The second kappa shape index (κ2) is 9.61. The van der Waals surface area contributed by atoms with Crippen LogP contribution in [-0.4, -0.2) is 66.7 Å². The van der Waals surface area contributed by atoms with Gasteiger partial charge >= 0.3 is 12.0 Å². The van der Waals surface area contributed by atoms with Gasteiger partial charge in [-0.3, -0.25) is 4.79 Å². The van der Waals surface area contributed by atoms with E-state index in [0.717, 1.165) is 19.4 Å². The standard InChI is InChI=1S/C13H27N3O3/c1-11(2)15(3)9-6-5-8-14-13(19)16(4)10-7-12(17)18/h11H,5-10H2,1-4H3,(H,14,19)(H,17,18). The van der Waals surface area contributed by atoms with Gasteiger partial charge in [-0.05, 0) is 40.3 Å². The Balaban J connectivity index is 3.60. The number of carbonyl (C=O) groups excluding carboxylic acids is 1. The van der Waals surface area contributed by atoms with Crippen molar-refractivity contribution in [3.63, 3.8) is 0 Å². The monoisotopic (exact) mass is 273 g/mol. The van der Waals surface area contributed by atoms with E-state index in [1.54, 1.807) is 7.05 Å². The Morgan fingerprint density at radius 2 is 1.79 bits per heavy atom. The van der Waals surface area contributed by atoms with Crippen molar-refractivity contribution in [1.82, 2.24) is 15.1 Å². The molecule has 0 heterocycles. The molecular formula is C13H27N3O3. The average Bonchev–Trinajstić information content (AvgIpc) is 2.34. The summed E-state index contributed by atoms with van der Waals surface area (Å²) in [4.78, 5) is 25.6. The van der Waals surface area contributed by atoms with Gasteiger partial charge in [0.05, 0.1) is 6.42 Å². The summed E-state index contributed by atoms with van der Waals surface area (Å²) < 4.78 is 0. The van der Waals surface area contributed by atoms with E-state index < -0.39 is 5.97 Å². The summed E-state index contributed by atoms with van der Waals surface area (Å²) in [7, 11) is 3.69. The van der Waals surface area contributed by atoms with E-state index in [9.17, 15) is 9.59 Å². The summed E-state index contributed by atoms with van der Waals surface area (Å²) in [5, 5.41) is 11.3. The Morgan fingerprint density at radius 1 is 1.16 bits per heavy atom. The molecule has 0 atom stereocenters. The fourth-order valence-electron chi connectivity index (χ4n) is 1.44. The molecule has 0 aliphatic heterocycles. The maximum Gasteiger partial charge on any atom is 0.317 e. The molecule has 0 spiro atoms. The highest BCUT2D eigenvalue weighted by molar-refractivity contribution is 5.74. The predicted molar refractivity (Wildman–Crippen MR) is 75.3 cm³/mol. The van der Waals surface area contributed by atoms with Crippen LogP contribution in [0, 0.1) is 0 Å². The van der Waals surface area contributed by atoms with Crippen LogP contribution in [0.3, 0.4) is 0 Å². The zero-order valence-electron chi connectivity index (χ0n) is 12.5. The molecule has 19 heavy (non-hydrogen) atoms. The minimum Gasteiger partial charge on any atom is -0.481 e. The molecule has 0 saturated carbocycles. The molecule has 0 aromatic rings. The van der Waals surface area contributed by atoms with Gasteiger partial charge in [0.2, 0.25) is 0 Å². The van der Waals surface area contributed by atoms with Gasteiger partial charge in [-0.25, -0.2) is 4.79 Å². The Kier molecular flexibility index (Phi) is 8.95. The molecule has 2 amide bonds. The van der Waals surface area contributed by atoms with Crippen LogP contribution in [-0.2, 0) is 4.79 Å². The van der Waals surface area contributed by atoms with Crippen LogP contribution >= 0.6 is 0 Å². The summed E-state index contributed by atoms with van der Waals surface area (Å²) in [6, 6.07) is 0.329. The van der Waals surface area contributed by atoms with Crippen molar-refractivity contribution in [2.24, 2.45) is 0 Å². The normalized spacial score (nSPS) is 10.8. The van der Waals surface area contributed by atoms with Crippen LogP contribution in [0.5, 0.6) is 0 Å². The molecule has 6 heteroatoms. The fraction of sp³-hybridized carbons (Fsp3) is 0.846. The lowest BCUT2D eigenvalue weighted by Crippen LogP contribution is -2.39. The number of nitrogens with zero attached hydrogens (tertiary/aromatic N) is 2. The first kappa shape index (κ1) is 17.7. The van der Waals surface area contributed by atoms with Gasteiger partial charge in [-0.2, -0.15) is 0 Å². The Labute approximate surface area is 115 Å². The van der Waals surface area contributed by atoms with E-state index in [-0.39, 0.29) is 19.0 Å². The number of amides is 2. The van der Waals surface area contributed by atoms with Gasteiger partial charge in [0, 0.05) is 26.2 Å². The van der Waals surface area contributed by atoms with Crippen molar-refractivity contribution >= 4 is 12.0 Å². The molecule has 112 valence electrons. The third-order valence-electron chi connectivity index (χ3n) is 3.10. The summed E-state index contributed by atoms with van der Waals surface area (Å²) in [5.41, 5.74) is 0. The van der Waals surface area contributed by atoms with Gasteiger partial charge in [0.15, 0.2) is 0 Å². The largest absolute Gasteiger partial charge is 0.481 e. The quantitative estimate of drug-likeness (QED) is 0.620. The topological polar surface area (TPSA) is 72.9 Å². The van der Waals surface area contributed by atoms with Crippen molar-refractivity contribution in [2.75, 3.05) is 33.7 Å². The highest BCUT2D eigenvalue weighted by Crippen LogP contribution is 1.97. The molecule has 0 bridgehead atoms. The van der Waals surface area contributed by atoms with Gasteiger partial charge in [0.25, 0.3) is 0 Å². The Bertz CT molecular complexity index is 282. The minimum absolute atomic E-state index is 0.0247. The molecule has 0 rings (SSSR count). The number of hydrogen-bond acceptors (Lipinski definition) is 3. The molecule has 0 aliphatic carbocycles. The lowest BCUT2D eigenvalue weighted by molar-refractivity contribution is -0.137. The van der Waals surface area contributed by atoms with Crippen molar-refractivity contribution in [3.05, 3.63) is 0 Å². The van der Waals surface area contributed by atoms with Gasteiger partial charge in [-0.1, -0.05) is 0 Å². The molecule has 0 saturated heterocycles. The van der Waals surface area contributed by atoms with Crippen LogP contribution in [0.15, 0.2) is 0 Å². The minimum atomic E-state index is -0.892. The van der Waals surface area contributed by atoms with Crippen molar-refractivity contribution in [2.45, 2.75) is 39.2 Å². The first-order valence-corrected chi connectivity index (χ1v) is 6.75. The lowest BCUT2D eigenvalue weighted by atomic mass is 10.2. The highest BCUT2D eigenvalue weighted by Gasteiger charge is 2.09. The number of carboxylic acids is 1. The zero-order valence-corrected chi connectivity index (χ0v) is 12.5. The molecule has 0 fully saturated rings. The summed E-state index contributed by atoms with van der Waals surface area (Å²) >= 11 is 0.